The van der Waals surface area contributed by atoms with E-state index in [0.717, 1.165) is 20.6 Å². The largest absolute Gasteiger partial charge is 0.420 e. The summed E-state index contributed by atoms with van der Waals surface area (Å²) in [6, 6.07) is 8.86. The van der Waals surface area contributed by atoms with Gasteiger partial charge in [-0.25, -0.2) is 0 Å². The maximum absolute atomic E-state index is 13.0. The molecule has 33 heavy (non-hydrogen) atoms. The zero-order chi connectivity index (χ0) is 24.6. The van der Waals surface area contributed by atoms with Gasteiger partial charge in [-0.15, -0.1) is 0 Å². The average Bonchev–Trinajstić information content (AvgIpc) is 2.72. The molecule has 0 radical (unpaired) electrons. The smallest absolute Gasteiger partial charge is 0.378 e. The fraction of sp³-hybridized carbons (Fsp3) is 0.409. The fourth-order valence-electron chi connectivity index (χ4n) is 3.61. The lowest BCUT2D eigenvalue weighted by molar-refractivity contribution is -0.297. The molecular formula is C22H25F3N4O4. The number of hydrogen-bond donors (Lipinski definition) is 3. The summed E-state index contributed by atoms with van der Waals surface area (Å²) in [5.41, 5.74) is -1.50. The molecule has 2 aromatic rings. The molecule has 178 valence electrons. The molecule has 8 nitrogen and oxygen atoms in total. The number of halogens is 3. The number of nitrogens with one attached hydrogen (secondary N) is 2. The minimum absolute atomic E-state index is 0.189. The van der Waals surface area contributed by atoms with Crippen LogP contribution in [0.5, 0.6) is 0 Å². The standard InChI is InChI=1S/C22H25F3N4O4/c1-13-4-6-15(7-5-13)9-27-19(31)16-8-14(2)18(26-3)29(20(16)32)10-17(30)28-11-21(33,12-28)22(23,24)25/h4-8,26,33H,9-12H2,1-3H3,(H,27,31). The van der Waals surface area contributed by atoms with Gasteiger partial charge in [0, 0.05) is 13.6 Å². The van der Waals surface area contributed by atoms with Crippen molar-refractivity contribution >= 4 is 17.6 Å². The Kier molecular flexibility index (Phi) is 6.55. The third kappa shape index (κ3) is 4.87. The second-order valence-electron chi connectivity index (χ2n) is 8.18. The molecule has 0 atom stereocenters. The van der Waals surface area contributed by atoms with Gasteiger partial charge in [0.05, 0.1) is 13.1 Å². The van der Waals surface area contributed by atoms with Gasteiger partial charge in [0.15, 0.2) is 5.60 Å². The van der Waals surface area contributed by atoms with Crippen LogP contribution < -0.4 is 16.2 Å². The number of hydrogen-bond acceptors (Lipinski definition) is 5. The maximum atomic E-state index is 13.0. The van der Waals surface area contributed by atoms with Crippen molar-refractivity contribution in [3.05, 3.63) is 62.9 Å². The summed E-state index contributed by atoms with van der Waals surface area (Å²) in [7, 11) is 1.52. The van der Waals surface area contributed by atoms with Crippen molar-refractivity contribution in [2.24, 2.45) is 0 Å². The molecule has 0 unspecified atom stereocenters. The van der Waals surface area contributed by atoms with E-state index >= 15 is 0 Å². The summed E-state index contributed by atoms with van der Waals surface area (Å²) in [5.74, 6) is -1.16. The van der Waals surface area contributed by atoms with E-state index in [4.69, 9.17) is 0 Å². The first-order chi connectivity index (χ1) is 15.4. The van der Waals surface area contributed by atoms with E-state index in [1.807, 2.05) is 31.2 Å². The first kappa shape index (κ1) is 24.3. The Morgan fingerprint density at radius 1 is 1.15 bits per heavy atom. The predicted molar refractivity (Wildman–Crippen MR) is 115 cm³/mol. The van der Waals surface area contributed by atoms with Crippen LogP contribution in [0, 0.1) is 13.8 Å². The van der Waals surface area contributed by atoms with Crippen molar-refractivity contribution in [2.75, 3.05) is 25.5 Å². The van der Waals surface area contributed by atoms with Crippen molar-refractivity contribution < 1.29 is 27.9 Å². The third-order valence-corrected chi connectivity index (χ3v) is 5.61. The normalized spacial score (nSPS) is 15.1. The number of anilines is 1. The number of aliphatic hydroxyl groups is 1. The van der Waals surface area contributed by atoms with Crippen LogP contribution in [0.2, 0.25) is 0 Å². The lowest BCUT2D eigenvalue weighted by Gasteiger charge is -2.46. The van der Waals surface area contributed by atoms with E-state index in [-0.39, 0.29) is 17.9 Å². The van der Waals surface area contributed by atoms with E-state index in [1.165, 1.54) is 13.1 Å². The number of carbonyl (C=O) groups excluding carboxylic acids is 2. The molecule has 1 saturated heterocycles. The highest BCUT2D eigenvalue weighted by Crippen LogP contribution is 2.37. The highest BCUT2D eigenvalue weighted by atomic mass is 19.4. The number of aromatic nitrogens is 1. The van der Waals surface area contributed by atoms with Gasteiger partial charge in [-0.3, -0.25) is 19.0 Å². The Morgan fingerprint density at radius 2 is 1.76 bits per heavy atom. The summed E-state index contributed by atoms with van der Waals surface area (Å²) in [5, 5.41) is 15.0. The summed E-state index contributed by atoms with van der Waals surface area (Å²) >= 11 is 0. The Labute approximate surface area is 188 Å². The Morgan fingerprint density at radius 3 is 2.30 bits per heavy atom. The third-order valence-electron chi connectivity index (χ3n) is 5.61. The number of benzene rings is 1. The van der Waals surface area contributed by atoms with E-state index in [1.54, 1.807) is 6.92 Å². The Hall–Kier alpha value is -3.34. The van der Waals surface area contributed by atoms with Gasteiger partial charge in [0.25, 0.3) is 11.5 Å². The number of amides is 2. The number of carbonyl (C=O) groups is 2. The number of β-amino-alcohol motifs (C(OH)–C–C–N with tert-alkyl or cyclic N) is 1. The van der Waals surface area contributed by atoms with Gasteiger partial charge in [-0.2, -0.15) is 13.2 Å². The zero-order valence-electron chi connectivity index (χ0n) is 18.4. The molecule has 11 heteroatoms. The first-order valence-corrected chi connectivity index (χ1v) is 10.2. The SMILES string of the molecule is CNc1c(C)cc(C(=O)NCc2ccc(C)cc2)c(=O)n1CC(=O)N1CC(O)(C(F)(F)F)C1. The molecule has 2 heterocycles. The Bertz CT molecular complexity index is 1120. The van der Waals surface area contributed by atoms with Crippen molar-refractivity contribution in [3.63, 3.8) is 0 Å². The van der Waals surface area contributed by atoms with E-state index in [2.05, 4.69) is 10.6 Å². The highest BCUT2D eigenvalue weighted by Gasteiger charge is 2.62. The van der Waals surface area contributed by atoms with Crippen LogP contribution in [0.15, 0.2) is 35.1 Å². The lowest BCUT2D eigenvalue weighted by atomic mass is 9.93. The monoisotopic (exact) mass is 466 g/mol. The van der Waals surface area contributed by atoms with Gasteiger partial charge in [0.1, 0.15) is 17.9 Å². The number of rotatable bonds is 6. The first-order valence-electron chi connectivity index (χ1n) is 10.2. The highest BCUT2D eigenvalue weighted by molar-refractivity contribution is 5.94. The van der Waals surface area contributed by atoms with Crippen molar-refractivity contribution in [3.8, 4) is 0 Å². The molecule has 1 aliphatic heterocycles. The number of pyridine rings is 1. The van der Waals surface area contributed by atoms with Crippen LogP contribution in [0.25, 0.3) is 0 Å². The molecule has 0 spiro atoms. The molecule has 3 rings (SSSR count). The molecular weight excluding hydrogens is 441 g/mol. The van der Waals surface area contributed by atoms with Gasteiger partial charge in [-0.1, -0.05) is 29.8 Å². The molecule has 0 saturated carbocycles. The van der Waals surface area contributed by atoms with Gasteiger partial charge in [0.2, 0.25) is 5.91 Å². The zero-order valence-corrected chi connectivity index (χ0v) is 18.4. The van der Waals surface area contributed by atoms with Crippen molar-refractivity contribution in [1.82, 2.24) is 14.8 Å². The van der Waals surface area contributed by atoms with Crippen LogP contribution in [0.3, 0.4) is 0 Å². The van der Waals surface area contributed by atoms with E-state index < -0.39 is 48.8 Å². The van der Waals surface area contributed by atoms with Crippen LogP contribution in [-0.4, -0.2) is 58.3 Å². The van der Waals surface area contributed by atoms with Crippen molar-refractivity contribution in [1.29, 1.82) is 0 Å². The lowest BCUT2D eigenvalue weighted by Crippen LogP contribution is -2.70. The number of nitrogens with zero attached hydrogens (tertiary/aromatic N) is 2. The summed E-state index contributed by atoms with van der Waals surface area (Å²) in [6.45, 7) is 1.36. The molecule has 1 fully saturated rings. The average molecular weight is 466 g/mol. The summed E-state index contributed by atoms with van der Waals surface area (Å²) in [6.07, 6.45) is -4.86. The molecule has 1 aromatic carbocycles. The minimum atomic E-state index is -4.86. The predicted octanol–water partition coefficient (Wildman–Crippen LogP) is 1.57. The quantitative estimate of drug-likeness (QED) is 0.600. The van der Waals surface area contributed by atoms with E-state index in [0.29, 0.717) is 5.56 Å². The molecule has 0 bridgehead atoms. The second-order valence-corrected chi connectivity index (χ2v) is 8.18. The molecule has 0 aliphatic carbocycles. The van der Waals surface area contributed by atoms with Crippen LogP contribution >= 0.6 is 0 Å². The van der Waals surface area contributed by atoms with Gasteiger partial charge < -0.3 is 20.6 Å². The molecule has 3 N–H and O–H groups in total. The van der Waals surface area contributed by atoms with Crippen LogP contribution in [0.4, 0.5) is 19.0 Å². The number of alkyl halides is 3. The number of likely N-dealkylation sites (tertiary alicyclic amines) is 1. The second kappa shape index (κ2) is 8.89. The maximum Gasteiger partial charge on any atom is 0.420 e. The van der Waals surface area contributed by atoms with E-state index in [9.17, 15) is 32.7 Å². The molecule has 1 aliphatic rings. The molecule has 2 amide bonds. The van der Waals surface area contributed by atoms with Gasteiger partial charge >= 0.3 is 6.18 Å². The van der Waals surface area contributed by atoms with Crippen LogP contribution in [0.1, 0.15) is 27.0 Å². The number of aryl methyl sites for hydroxylation is 2. The van der Waals surface area contributed by atoms with Gasteiger partial charge in [-0.05, 0) is 31.0 Å². The molecule has 1 aromatic heterocycles. The Balaban J connectivity index is 1.79. The van der Waals surface area contributed by atoms with Crippen LogP contribution in [-0.2, 0) is 17.9 Å². The fourth-order valence-corrected chi connectivity index (χ4v) is 3.61. The minimum Gasteiger partial charge on any atom is -0.378 e. The summed E-state index contributed by atoms with van der Waals surface area (Å²) < 4.78 is 39.5. The van der Waals surface area contributed by atoms with Crippen molar-refractivity contribution in [2.45, 2.75) is 38.7 Å². The topological polar surface area (TPSA) is 104 Å². The summed E-state index contributed by atoms with van der Waals surface area (Å²) in [4.78, 5) is 39.0.